The number of hydrogen-bond donors (Lipinski definition) is 1. The summed E-state index contributed by atoms with van der Waals surface area (Å²) in [7, 11) is 4.32. The van der Waals surface area contributed by atoms with Crippen LogP contribution in [-0.2, 0) is 0 Å². The van der Waals surface area contributed by atoms with Crippen molar-refractivity contribution in [2.24, 2.45) is 5.92 Å². The van der Waals surface area contributed by atoms with Crippen molar-refractivity contribution in [1.82, 2.24) is 10.2 Å². The van der Waals surface area contributed by atoms with Crippen LogP contribution in [0.5, 0.6) is 0 Å². The summed E-state index contributed by atoms with van der Waals surface area (Å²) >= 11 is 0. The van der Waals surface area contributed by atoms with Gasteiger partial charge in [-0.1, -0.05) is 37.6 Å². The minimum Gasteiger partial charge on any atom is -0.309 e. The minimum atomic E-state index is 0.404. The van der Waals surface area contributed by atoms with Crippen molar-refractivity contribution in [3.63, 3.8) is 0 Å². The van der Waals surface area contributed by atoms with E-state index in [1.165, 1.54) is 16.7 Å². The molecule has 0 bridgehead atoms. The van der Waals surface area contributed by atoms with Crippen LogP contribution in [0.3, 0.4) is 0 Å². The van der Waals surface area contributed by atoms with Gasteiger partial charge in [-0.05, 0) is 51.9 Å². The Morgan fingerprint density at radius 1 is 1.11 bits per heavy atom. The molecular weight excluding hydrogens is 232 g/mol. The van der Waals surface area contributed by atoms with Crippen molar-refractivity contribution in [3.05, 3.63) is 34.9 Å². The highest BCUT2D eigenvalue weighted by Gasteiger charge is 2.17. The Hall–Kier alpha value is -0.860. The molecule has 0 saturated heterocycles. The molecule has 1 aromatic carbocycles. The van der Waals surface area contributed by atoms with Gasteiger partial charge in [-0.15, -0.1) is 0 Å². The molecular formula is C17H30N2. The summed E-state index contributed by atoms with van der Waals surface area (Å²) in [5, 5.41) is 3.69. The van der Waals surface area contributed by atoms with Gasteiger partial charge < -0.3 is 10.2 Å². The number of benzene rings is 1. The molecule has 0 aliphatic heterocycles. The number of nitrogens with zero attached hydrogens (tertiary/aromatic N) is 1. The van der Waals surface area contributed by atoms with Gasteiger partial charge in [-0.2, -0.15) is 0 Å². The topological polar surface area (TPSA) is 15.3 Å². The van der Waals surface area contributed by atoms with Crippen LogP contribution in [-0.4, -0.2) is 31.6 Å². The van der Waals surface area contributed by atoms with Gasteiger partial charge in [-0.25, -0.2) is 0 Å². The largest absolute Gasteiger partial charge is 0.309 e. The summed E-state index contributed by atoms with van der Waals surface area (Å²) in [4.78, 5) is 2.31. The third-order valence-corrected chi connectivity index (χ3v) is 3.97. The Morgan fingerprint density at radius 3 is 2.26 bits per heavy atom. The molecule has 1 N–H and O–H groups in total. The molecule has 0 aliphatic carbocycles. The molecule has 0 heterocycles. The van der Waals surface area contributed by atoms with E-state index in [4.69, 9.17) is 0 Å². The lowest BCUT2D eigenvalue weighted by Crippen LogP contribution is -2.42. The van der Waals surface area contributed by atoms with Crippen molar-refractivity contribution >= 4 is 0 Å². The van der Waals surface area contributed by atoms with Gasteiger partial charge in [0, 0.05) is 18.6 Å². The summed E-state index contributed by atoms with van der Waals surface area (Å²) in [5.74, 6) is 0.660. The fraction of sp³-hybridized carbons (Fsp3) is 0.647. The highest BCUT2D eigenvalue weighted by molar-refractivity contribution is 5.32. The first kappa shape index (κ1) is 16.2. The second-order valence-corrected chi connectivity index (χ2v) is 6.26. The zero-order valence-corrected chi connectivity index (χ0v) is 13.6. The van der Waals surface area contributed by atoms with Crippen LogP contribution < -0.4 is 5.32 Å². The average molecular weight is 262 g/mol. The third kappa shape index (κ3) is 4.63. The standard InChI is InChI=1S/C17H30N2/c1-12(2)17(19(6)7)11-18-15(5)16-10-13(3)8-9-14(16)4/h8-10,12,15,17-18H,11H2,1-7H3. The van der Waals surface area contributed by atoms with Crippen LogP contribution in [0.2, 0.25) is 0 Å². The van der Waals surface area contributed by atoms with Gasteiger partial charge in [0.25, 0.3) is 0 Å². The molecule has 1 rings (SSSR count). The van der Waals surface area contributed by atoms with Crippen LogP contribution in [0.1, 0.15) is 43.5 Å². The van der Waals surface area contributed by atoms with Crippen LogP contribution in [0, 0.1) is 19.8 Å². The van der Waals surface area contributed by atoms with E-state index in [0.29, 0.717) is 18.0 Å². The smallest absolute Gasteiger partial charge is 0.0295 e. The van der Waals surface area contributed by atoms with E-state index in [9.17, 15) is 0 Å². The second kappa shape index (κ2) is 7.06. The van der Waals surface area contributed by atoms with E-state index in [1.54, 1.807) is 0 Å². The van der Waals surface area contributed by atoms with Crippen molar-refractivity contribution in [2.75, 3.05) is 20.6 Å². The first-order valence-electron chi connectivity index (χ1n) is 7.30. The highest BCUT2D eigenvalue weighted by Crippen LogP contribution is 2.19. The number of aryl methyl sites for hydroxylation is 2. The van der Waals surface area contributed by atoms with Gasteiger partial charge in [0.05, 0.1) is 0 Å². The van der Waals surface area contributed by atoms with E-state index in [-0.39, 0.29) is 0 Å². The lowest BCUT2D eigenvalue weighted by Gasteiger charge is -2.30. The Labute approximate surface area is 119 Å². The first-order chi connectivity index (χ1) is 8.82. The minimum absolute atomic E-state index is 0.404. The molecule has 0 radical (unpaired) electrons. The molecule has 0 spiro atoms. The van der Waals surface area contributed by atoms with E-state index < -0.39 is 0 Å². The fourth-order valence-electron chi connectivity index (χ4n) is 2.65. The maximum atomic E-state index is 3.69. The van der Waals surface area contributed by atoms with Crippen LogP contribution >= 0.6 is 0 Å². The van der Waals surface area contributed by atoms with Crippen molar-refractivity contribution in [3.8, 4) is 0 Å². The molecule has 2 nitrogen and oxygen atoms in total. The lowest BCUT2D eigenvalue weighted by molar-refractivity contribution is 0.220. The van der Waals surface area contributed by atoms with Crippen molar-refractivity contribution in [2.45, 2.75) is 46.7 Å². The van der Waals surface area contributed by atoms with Crippen LogP contribution in [0.15, 0.2) is 18.2 Å². The first-order valence-corrected chi connectivity index (χ1v) is 7.30. The summed E-state index contributed by atoms with van der Waals surface area (Å²) in [6, 6.07) is 7.68. The van der Waals surface area contributed by atoms with E-state index >= 15 is 0 Å². The quantitative estimate of drug-likeness (QED) is 0.843. The third-order valence-electron chi connectivity index (χ3n) is 3.97. The predicted octanol–water partition coefficient (Wildman–Crippen LogP) is 3.54. The van der Waals surface area contributed by atoms with E-state index in [0.717, 1.165) is 6.54 Å². The van der Waals surface area contributed by atoms with E-state index in [1.807, 2.05) is 0 Å². The zero-order valence-electron chi connectivity index (χ0n) is 13.6. The zero-order chi connectivity index (χ0) is 14.6. The summed E-state index contributed by atoms with van der Waals surface area (Å²) in [6.07, 6.45) is 0. The predicted molar refractivity (Wildman–Crippen MR) is 84.6 cm³/mol. The maximum absolute atomic E-state index is 3.69. The summed E-state index contributed by atoms with van der Waals surface area (Å²) < 4.78 is 0. The molecule has 108 valence electrons. The molecule has 0 aromatic heterocycles. The molecule has 2 heteroatoms. The Kier molecular flexibility index (Phi) is 6.02. The fourth-order valence-corrected chi connectivity index (χ4v) is 2.65. The van der Waals surface area contributed by atoms with Crippen LogP contribution in [0.4, 0.5) is 0 Å². The Bertz CT molecular complexity index is 388. The van der Waals surface area contributed by atoms with Crippen molar-refractivity contribution < 1.29 is 0 Å². The molecule has 0 saturated carbocycles. The normalized spacial score (nSPS) is 15.0. The van der Waals surface area contributed by atoms with Gasteiger partial charge in [0.2, 0.25) is 0 Å². The van der Waals surface area contributed by atoms with Crippen LogP contribution in [0.25, 0.3) is 0 Å². The summed E-state index contributed by atoms with van der Waals surface area (Å²) in [5.41, 5.74) is 4.13. The Balaban J connectivity index is 2.69. The van der Waals surface area contributed by atoms with Gasteiger partial charge in [0.1, 0.15) is 0 Å². The highest BCUT2D eigenvalue weighted by atomic mass is 15.1. The maximum Gasteiger partial charge on any atom is 0.0295 e. The molecule has 1 aromatic rings. The molecule has 0 fully saturated rings. The van der Waals surface area contributed by atoms with Gasteiger partial charge in [0.15, 0.2) is 0 Å². The molecule has 0 aliphatic rings. The average Bonchev–Trinajstić information content (AvgIpc) is 2.31. The molecule has 19 heavy (non-hydrogen) atoms. The number of rotatable bonds is 6. The molecule has 0 amide bonds. The number of nitrogens with one attached hydrogen (secondary N) is 1. The number of hydrogen-bond acceptors (Lipinski definition) is 2. The molecule has 2 unspecified atom stereocenters. The lowest BCUT2D eigenvalue weighted by atomic mass is 9.98. The second-order valence-electron chi connectivity index (χ2n) is 6.26. The summed E-state index contributed by atoms with van der Waals surface area (Å²) in [6.45, 7) is 12.2. The number of likely N-dealkylation sites (N-methyl/N-ethyl adjacent to an activating group) is 1. The van der Waals surface area contributed by atoms with Gasteiger partial charge in [-0.3, -0.25) is 0 Å². The monoisotopic (exact) mass is 262 g/mol. The SMILES string of the molecule is Cc1ccc(C)c(C(C)NCC(C(C)C)N(C)C)c1. The Morgan fingerprint density at radius 2 is 1.74 bits per heavy atom. The van der Waals surface area contributed by atoms with E-state index in [2.05, 4.69) is 77.1 Å². The van der Waals surface area contributed by atoms with Gasteiger partial charge >= 0.3 is 0 Å². The van der Waals surface area contributed by atoms with Crippen molar-refractivity contribution in [1.29, 1.82) is 0 Å². The molecule has 2 atom stereocenters.